The zero-order valence-corrected chi connectivity index (χ0v) is 13.1. The molecule has 4 N–H and O–H groups in total. The third-order valence-corrected chi connectivity index (χ3v) is 3.44. The number of nitrogens with one attached hydrogen (secondary N) is 2. The Labute approximate surface area is 121 Å². The van der Waals surface area contributed by atoms with Crippen LogP contribution in [-0.4, -0.2) is 16.9 Å². The van der Waals surface area contributed by atoms with Gasteiger partial charge in [0.25, 0.3) is 5.91 Å². The highest BCUT2D eigenvalue weighted by molar-refractivity contribution is 5.95. The number of anilines is 1. The van der Waals surface area contributed by atoms with Crippen LogP contribution in [0.3, 0.4) is 0 Å². The fraction of sp³-hybridized carbons (Fsp3) is 0.600. The summed E-state index contributed by atoms with van der Waals surface area (Å²) in [6.45, 7) is 10.4. The molecule has 1 aromatic heterocycles. The van der Waals surface area contributed by atoms with Gasteiger partial charge in [0, 0.05) is 17.3 Å². The van der Waals surface area contributed by atoms with E-state index in [9.17, 15) is 4.79 Å². The SMILES string of the molecule is CCCc1cc(C(=O)NC(C)C(C)(C)C)cc(NN)n1. The maximum atomic E-state index is 12.3. The molecule has 1 unspecified atom stereocenters. The number of hydrogen-bond acceptors (Lipinski definition) is 4. The van der Waals surface area contributed by atoms with Gasteiger partial charge in [-0.2, -0.15) is 0 Å². The monoisotopic (exact) mass is 278 g/mol. The first-order chi connectivity index (χ1) is 9.27. The maximum Gasteiger partial charge on any atom is 0.251 e. The average Bonchev–Trinajstić information content (AvgIpc) is 2.37. The second kappa shape index (κ2) is 6.70. The van der Waals surface area contributed by atoms with Gasteiger partial charge in [0.15, 0.2) is 0 Å². The van der Waals surface area contributed by atoms with Gasteiger partial charge in [-0.1, -0.05) is 34.1 Å². The fourth-order valence-electron chi connectivity index (χ4n) is 1.67. The zero-order chi connectivity index (χ0) is 15.3. The summed E-state index contributed by atoms with van der Waals surface area (Å²) in [6.07, 6.45) is 1.80. The summed E-state index contributed by atoms with van der Waals surface area (Å²) in [4.78, 5) is 16.7. The molecule has 1 aromatic rings. The Hall–Kier alpha value is -1.62. The van der Waals surface area contributed by atoms with E-state index in [1.807, 2.05) is 13.0 Å². The topological polar surface area (TPSA) is 80.0 Å². The Morgan fingerprint density at radius 3 is 2.55 bits per heavy atom. The van der Waals surface area contributed by atoms with E-state index in [1.165, 1.54) is 0 Å². The second-order valence-corrected chi connectivity index (χ2v) is 6.19. The highest BCUT2D eigenvalue weighted by Crippen LogP contribution is 2.19. The minimum Gasteiger partial charge on any atom is -0.349 e. The molecule has 5 heteroatoms. The Morgan fingerprint density at radius 2 is 2.05 bits per heavy atom. The summed E-state index contributed by atoms with van der Waals surface area (Å²) < 4.78 is 0. The van der Waals surface area contributed by atoms with Crippen molar-refractivity contribution in [2.75, 3.05) is 5.43 Å². The van der Waals surface area contributed by atoms with E-state index in [0.717, 1.165) is 18.5 Å². The van der Waals surface area contributed by atoms with E-state index in [-0.39, 0.29) is 17.4 Å². The Bertz CT molecular complexity index is 465. The molecule has 1 atom stereocenters. The lowest BCUT2D eigenvalue weighted by atomic mass is 9.88. The Kier molecular flexibility index (Phi) is 5.51. The first kappa shape index (κ1) is 16.4. The molecule has 0 aromatic carbocycles. The summed E-state index contributed by atoms with van der Waals surface area (Å²) in [7, 11) is 0. The number of hydrogen-bond donors (Lipinski definition) is 3. The zero-order valence-electron chi connectivity index (χ0n) is 13.1. The molecular formula is C15H26N4O. The number of aromatic nitrogens is 1. The summed E-state index contributed by atoms with van der Waals surface area (Å²) in [5.41, 5.74) is 3.99. The van der Waals surface area contributed by atoms with Crippen molar-refractivity contribution in [3.05, 3.63) is 23.4 Å². The number of nitrogens with two attached hydrogens (primary N) is 1. The van der Waals surface area contributed by atoms with Crippen LogP contribution in [0.2, 0.25) is 0 Å². The van der Waals surface area contributed by atoms with Crippen molar-refractivity contribution in [3.63, 3.8) is 0 Å². The summed E-state index contributed by atoms with van der Waals surface area (Å²) in [6, 6.07) is 3.57. The van der Waals surface area contributed by atoms with Crippen LogP contribution in [0.5, 0.6) is 0 Å². The predicted octanol–water partition coefficient (Wildman–Crippen LogP) is 2.48. The number of hydrazine groups is 1. The molecule has 0 aliphatic rings. The molecule has 0 spiro atoms. The number of aryl methyl sites for hydroxylation is 1. The molecule has 0 saturated heterocycles. The highest BCUT2D eigenvalue weighted by atomic mass is 16.1. The lowest BCUT2D eigenvalue weighted by Crippen LogP contribution is -2.41. The van der Waals surface area contributed by atoms with Gasteiger partial charge in [0.2, 0.25) is 0 Å². The summed E-state index contributed by atoms with van der Waals surface area (Å²) >= 11 is 0. The third kappa shape index (κ3) is 4.49. The van der Waals surface area contributed by atoms with Gasteiger partial charge in [0.05, 0.1) is 0 Å². The van der Waals surface area contributed by atoms with Crippen LogP contribution in [0.15, 0.2) is 12.1 Å². The second-order valence-electron chi connectivity index (χ2n) is 6.19. The highest BCUT2D eigenvalue weighted by Gasteiger charge is 2.22. The van der Waals surface area contributed by atoms with Gasteiger partial charge in [0.1, 0.15) is 5.82 Å². The Morgan fingerprint density at radius 1 is 1.40 bits per heavy atom. The van der Waals surface area contributed by atoms with Crippen molar-refractivity contribution in [1.29, 1.82) is 0 Å². The lowest BCUT2D eigenvalue weighted by Gasteiger charge is -2.28. The first-order valence-corrected chi connectivity index (χ1v) is 7.06. The molecule has 5 nitrogen and oxygen atoms in total. The van der Waals surface area contributed by atoms with Gasteiger partial charge < -0.3 is 10.7 Å². The van der Waals surface area contributed by atoms with Gasteiger partial charge >= 0.3 is 0 Å². The van der Waals surface area contributed by atoms with Gasteiger partial charge in [-0.05, 0) is 30.9 Å². The molecule has 112 valence electrons. The van der Waals surface area contributed by atoms with Crippen LogP contribution < -0.4 is 16.6 Å². The van der Waals surface area contributed by atoms with Crippen LogP contribution >= 0.6 is 0 Å². The van der Waals surface area contributed by atoms with Gasteiger partial charge in [-0.3, -0.25) is 4.79 Å². The number of carbonyl (C=O) groups excluding carboxylic acids is 1. The van der Waals surface area contributed by atoms with Crippen molar-refractivity contribution >= 4 is 11.7 Å². The predicted molar refractivity (Wildman–Crippen MR) is 82.4 cm³/mol. The molecule has 20 heavy (non-hydrogen) atoms. The number of carbonyl (C=O) groups is 1. The van der Waals surface area contributed by atoms with E-state index in [1.54, 1.807) is 6.07 Å². The molecule has 1 heterocycles. The van der Waals surface area contributed by atoms with Crippen LogP contribution in [-0.2, 0) is 6.42 Å². The normalized spacial score (nSPS) is 12.9. The van der Waals surface area contributed by atoms with E-state index < -0.39 is 0 Å². The third-order valence-electron chi connectivity index (χ3n) is 3.44. The molecule has 1 rings (SSSR count). The molecule has 1 amide bonds. The van der Waals surface area contributed by atoms with Crippen molar-refractivity contribution in [1.82, 2.24) is 10.3 Å². The molecular weight excluding hydrogens is 252 g/mol. The van der Waals surface area contributed by atoms with Crippen LogP contribution in [0.1, 0.15) is 57.1 Å². The van der Waals surface area contributed by atoms with Crippen LogP contribution in [0.25, 0.3) is 0 Å². The maximum absolute atomic E-state index is 12.3. The Balaban J connectivity index is 2.94. The number of pyridine rings is 1. The fourth-order valence-corrected chi connectivity index (χ4v) is 1.67. The van der Waals surface area contributed by atoms with Crippen molar-refractivity contribution in [3.8, 4) is 0 Å². The van der Waals surface area contributed by atoms with Crippen LogP contribution in [0.4, 0.5) is 5.82 Å². The van der Waals surface area contributed by atoms with E-state index >= 15 is 0 Å². The number of rotatable bonds is 5. The molecule has 0 aliphatic carbocycles. The van der Waals surface area contributed by atoms with E-state index in [0.29, 0.717) is 11.4 Å². The number of nitrogen functional groups attached to an aromatic ring is 1. The smallest absolute Gasteiger partial charge is 0.251 e. The van der Waals surface area contributed by atoms with Crippen LogP contribution in [0, 0.1) is 5.41 Å². The molecule has 0 aliphatic heterocycles. The van der Waals surface area contributed by atoms with Gasteiger partial charge in [-0.25, -0.2) is 10.8 Å². The van der Waals surface area contributed by atoms with Crippen molar-refractivity contribution in [2.45, 2.75) is 53.5 Å². The standard InChI is InChI=1S/C15H26N4O/c1-6-7-12-8-11(9-13(18-12)19-16)14(20)17-10(2)15(3,4)5/h8-10H,6-7,16H2,1-5H3,(H,17,20)(H,18,19). The molecule has 0 bridgehead atoms. The minimum absolute atomic E-state index is 0.0177. The van der Waals surface area contributed by atoms with E-state index in [2.05, 4.69) is 43.4 Å². The van der Waals surface area contributed by atoms with Crippen molar-refractivity contribution in [2.24, 2.45) is 11.3 Å². The quantitative estimate of drug-likeness (QED) is 0.571. The molecule has 0 radical (unpaired) electrons. The van der Waals surface area contributed by atoms with E-state index in [4.69, 9.17) is 5.84 Å². The minimum atomic E-state index is -0.0938. The number of amides is 1. The average molecular weight is 278 g/mol. The summed E-state index contributed by atoms with van der Waals surface area (Å²) in [5, 5.41) is 3.02. The lowest BCUT2D eigenvalue weighted by molar-refractivity contribution is 0.0910. The number of nitrogens with zero attached hydrogens (tertiary/aromatic N) is 1. The van der Waals surface area contributed by atoms with Gasteiger partial charge in [-0.15, -0.1) is 0 Å². The largest absolute Gasteiger partial charge is 0.349 e. The van der Waals surface area contributed by atoms with Crippen molar-refractivity contribution < 1.29 is 4.79 Å². The molecule has 0 saturated carbocycles. The first-order valence-electron chi connectivity index (χ1n) is 7.06. The summed E-state index contributed by atoms with van der Waals surface area (Å²) in [5.74, 6) is 5.83. The molecule has 0 fully saturated rings.